The van der Waals surface area contributed by atoms with Crippen molar-refractivity contribution in [2.24, 2.45) is 0 Å². The van der Waals surface area contributed by atoms with Gasteiger partial charge in [0.1, 0.15) is 0 Å². The van der Waals surface area contributed by atoms with E-state index in [1.165, 1.54) is 5.56 Å². The van der Waals surface area contributed by atoms with Crippen LogP contribution in [0, 0.1) is 6.92 Å². The van der Waals surface area contributed by atoms with E-state index in [0.29, 0.717) is 12.3 Å². The second-order valence-corrected chi connectivity index (χ2v) is 6.64. The maximum absolute atomic E-state index is 12.1. The standard InChI is InChI=1S/C20H27N3O2/c1-3-22-9-11-23(12-10-22)15-18-6-4-17(5-7-18)14-21-20(24)19-16(2)8-13-25-19/h4-8,13H,3,9-12,14-15H2,1-2H3,(H,21,24). The number of carbonyl (C=O) groups excluding carboxylic acids is 1. The zero-order valence-corrected chi connectivity index (χ0v) is 15.1. The Bertz CT molecular complexity index is 685. The quantitative estimate of drug-likeness (QED) is 0.878. The number of carbonyl (C=O) groups is 1. The second kappa shape index (κ2) is 8.32. The van der Waals surface area contributed by atoms with Gasteiger partial charge in [-0.2, -0.15) is 0 Å². The van der Waals surface area contributed by atoms with Gasteiger partial charge in [0.2, 0.25) is 0 Å². The van der Waals surface area contributed by atoms with E-state index in [0.717, 1.165) is 50.4 Å². The molecule has 1 fully saturated rings. The first kappa shape index (κ1) is 17.7. The fraction of sp³-hybridized carbons (Fsp3) is 0.450. The fourth-order valence-corrected chi connectivity index (χ4v) is 3.15. The van der Waals surface area contributed by atoms with Crippen LogP contribution in [0.5, 0.6) is 0 Å². The molecule has 2 aromatic rings. The van der Waals surface area contributed by atoms with E-state index in [9.17, 15) is 4.79 Å². The molecule has 1 amide bonds. The van der Waals surface area contributed by atoms with Gasteiger partial charge in [-0.3, -0.25) is 9.69 Å². The molecule has 1 aliphatic rings. The van der Waals surface area contributed by atoms with Gasteiger partial charge in [-0.1, -0.05) is 31.2 Å². The van der Waals surface area contributed by atoms with Crippen LogP contribution in [0.15, 0.2) is 41.0 Å². The smallest absolute Gasteiger partial charge is 0.287 e. The van der Waals surface area contributed by atoms with Crippen LogP contribution in [0.4, 0.5) is 0 Å². The van der Waals surface area contributed by atoms with Crippen LogP contribution in [0.1, 0.15) is 34.2 Å². The lowest BCUT2D eigenvalue weighted by molar-refractivity contribution is 0.0922. The third kappa shape index (κ3) is 4.71. The Labute approximate surface area is 149 Å². The van der Waals surface area contributed by atoms with Crippen molar-refractivity contribution in [3.05, 3.63) is 59.0 Å². The molecule has 2 heterocycles. The van der Waals surface area contributed by atoms with E-state index >= 15 is 0 Å². The molecule has 0 spiro atoms. The maximum atomic E-state index is 12.1. The topological polar surface area (TPSA) is 48.7 Å². The molecule has 1 aromatic carbocycles. The molecule has 5 nitrogen and oxygen atoms in total. The molecule has 25 heavy (non-hydrogen) atoms. The molecule has 0 unspecified atom stereocenters. The number of nitrogens with one attached hydrogen (secondary N) is 1. The Morgan fingerprint density at radius 2 is 1.68 bits per heavy atom. The Balaban J connectivity index is 1.47. The number of rotatable bonds is 6. The largest absolute Gasteiger partial charge is 0.459 e. The van der Waals surface area contributed by atoms with E-state index in [1.807, 2.05) is 6.92 Å². The van der Waals surface area contributed by atoms with Crippen molar-refractivity contribution in [1.29, 1.82) is 0 Å². The number of furan rings is 1. The van der Waals surface area contributed by atoms with Crippen molar-refractivity contribution in [2.75, 3.05) is 32.7 Å². The van der Waals surface area contributed by atoms with Crippen LogP contribution in [0.2, 0.25) is 0 Å². The number of nitrogens with zero attached hydrogens (tertiary/aromatic N) is 2. The molecule has 0 radical (unpaired) electrons. The van der Waals surface area contributed by atoms with Gasteiger partial charge in [0.25, 0.3) is 5.91 Å². The van der Waals surface area contributed by atoms with Gasteiger partial charge in [0.15, 0.2) is 5.76 Å². The van der Waals surface area contributed by atoms with E-state index in [-0.39, 0.29) is 5.91 Å². The van der Waals surface area contributed by atoms with E-state index in [2.05, 4.69) is 46.3 Å². The highest BCUT2D eigenvalue weighted by molar-refractivity contribution is 5.92. The van der Waals surface area contributed by atoms with Crippen molar-refractivity contribution in [3.63, 3.8) is 0 Å². The lowest BCUT2D eigenvalue weighted by Crippen LogP contribution is -2.45. The van der Waals surface area contributed by atoms with Crippen molar-refractivity contribution in [3.8, 4) is 0 Å². The summed E-state index contributed by atoms with van der Waals surface area (Å²) in [4.78, 5) is 17.1. The van der Waals surface area contributed by atoms with Gasteiger partial charge >= 0.3 is 0 Å². The predicted octanol–water partition coefficient (Wildman–Crippen LogP) is 2.66. The molecule has 0 saturated carbocycles. The molecule has 0 bridgehead atoms. The number of hydrogen-bond donors (Lipinski definition) is 1. The van der Waals surface area contributed by atoms with Crippen LogP contribution in [0.25, 0.3) is 0 Å². The van der Waals surface area contributed by atoms with Crippen LogP contribution >= 0.6 is 0 Å². The van der Waals surface area contributed by atoms with E-state index in [4.69, 9.17) is 4.42 Å². The van der Waals surface area contributed by atoms with Crippen molar-refractivity contribution in [1.82, 2.24) is 15.1 Å². The number of piperazine rings is 1. The zero-order valence-electron chi connectivity index (χ0n) is 15.1. The summed E-state index contributed by atoms with van der Waals surface area (Å²) in [5.41, 5.74) is 3.27. The predicted molar refractivity (Wildman–Crippen MR) is 98.4 cm³/mol. The van der Waals surface area contributed by atoms with Crippen molar-refractivity contribution < 1.29 is 9.21 Å². The average molecular weight is 341 g/mol. The summed E-state index contributed by atoms with van der Waals surface area (Å²) in [6.07, 6.45) is 1.54. The van der Waals surface area contributed by atoms with Crippen LogP contribution < -0.4 is 5.32 Å². The normalized spacial score (nSPS) is 16.1. The Kier molecular flexibility index (Phi) is 5.89. The van der Waals surface area contributed by atoms with Gasteiger partial charge in [-0.25, -0.2) is 0 Å². The molecular weight excluding hydrogens is 314 g/mol. The minimum absolute atomic E-state index is 0.166. The molecular formula is C20H27N3O2. The van der Waals surface area contributed by atoms with Crippen molar-refractivity contribution >= 4 is 5.91 Å². The Hall–Kier alpha value is -2.11. The molecule has 1 N–H and O–H groups in total. The van der Waals surface area contributed by atoms with Crippen LogP contribution in [0.3, 0.4) is 0 Å². The first-order valence-electron chi connectivity index (χ1n) is 9.00. The Morgan fingerprint density at radius 3 is 2.28 bits per heavy atom. The number of benzene rings is 1. The molecule has 0 atom stereocenters. The number of aryl methyl sites for hydroxylation is 1. The summed E-state index contributed by atoms with van der Waals surface area (Å²) >= 11 is 0. The minimum Gasteiger partial charge on any atom is -0.459 e. The molecule has 3 rings (SSSR count). The molecule has 5 heteroatoms. The van der Waals surface area contributed by atoms with E-state index < -0.39 is 0 Å². The first-order chi connectivity index (χ1) is 12.2. The third-order valence-corrected chi connectivity index (χ3v) is 4.86. The molecule has 0 aliphatic carbocycles. The zero-order chi connectivity index (χ0) is 17.6. The van der Waals surface area contributed by atoms with E-state index in [1.54, 1.807) is 12.3 Å². The summed E-state index contributed by atoms with van der Waals surface area (Å²) in [6.45, 7) is 11.3. The summed E-state index contributed by atoms with van der Waals surface area (Å²) in [5.74, 6) is 0.225. The minimum atomic E-state index is -0.166. The van der Waals surface area contributed by atoms with Crippen LogP contribution in [-0.2, 0) is 13.1 Å². The SMILES string of the molecule is CCN1CCN(Cc2ccc(CNC(=O)c3occc3C)cc2)CC1. The highest BCUT2D eigenvalue weighted by Crippen LogP contribution is 2.11. The summed E-state index contributed by atoms with van der Waals surface area (Å²) in [5, 5.41) is 2.91. The summed E-state index contributed by atoms with van der Waals surface area (Å²) < 4.78 is 5.21. The molecule has 1 saturated heterocycles. The number of amides is 1. The van der Waals surface area contributed by atoms with Gasteiger partial charge in [-0.05, 0) is 30.7 Å². The number of likely N-dealkylation sites (N-methyl/N-ethyl adjacent to an activating group) is 1. The summed E-state index contributed by atoms with van der Waals surface area (Å²) in [7, 11) is 0. The second-order valence-electron chi connectivity index (χ2n) is 6.64. The van der Waals surface area contributed by atoms with Gasteiger partial charge in [0.05, 0.1) is 6.26 Å². The molecule has 1 aromatic heterocycles. The van der Waals surface area contributed by atoms with Gasteiger partial charge < -0.3 is 14.6 Å². The monoisotopic (exact) mass is 341 g/mol. The van der Waals surface area contributed by atoms with Crippen molar-refractivity contribution in [2.45, 2.75) is 26.9 Å². The fourth-order valence-electron chi connectivity index (χ4n) is 3.15. The van der Waals surface area contributed by atoms with Gasteiger partial charge in [0, 0.05) is 44.8 Å². The summed E-state index contributed by atoms with van der Waals surface area (Å²) in [6, 6.07) is 10.3. The highest BCUT2D eigenvalue weighted by Gasteiger charge is 2.15. The van der Waals surface area contributed by atoms with Gasteiger partial charge in [-0.15, -0.1) is 0 Å². The third-order valence-electron chi connectivity index (χ3n) is 4.86. The van der Waals surface area contributed by atoms with Crippen LogP contribution in [-0.4, -0.2) is 48.4 Å². The molecule has 1 aliphatic heterocycles. The highest BCUT2D eigenvalue weighted by atomic mass is 16.3. The Morgan fingerprint density at radius 1 is 1.04 bits per heavy atom. The number of hydrogen-bond acceptors (Lipinski definition) is 4. The lowest BCUT2D eigenvalue weighted by atomic mass is 10.1. The lowest BCUT2D eigenvalue weighted by Gasteiger charge is -2.34. The first-order valence-corrected chi connectivity index (χ1v) is 9.00. The maximum Gasteiger partial charge on any atom is 0.287 e. The average Bonchev–Trinajstić information content (AvgIpc) is 3.07. The molecule has 134 valence electrons.